The second kappa shape index (κ2) is 11.7. The summed E-state index contributed by atoms with van der Waals surface area (Å²) in [4.78, 5) is 34.8. The van der Waals surface area contributed by atoms with Crippen molar-refractivity contribution in [3.05, 3.63) is 48.0 Å². The molecule has 0 unspecified atom stereocenters. The van der Waals surface area contributed by atoms with Gasteiger partial charge in [0.15, 0.2) is 0 Å². The number of carbonyl (C=O) groups excluding carboxylic acids is 3. The first kappa shape index (κ1) is 21.2. The molecular formula is C19H26N2O5. The number of amides is 2. The summed E-state index contributed by atoms with van der Waals surface area (Å²) in [6.45, 7) is 5.67. The second-order valence-electron chi connectivity index (χ2n) is 5.74. The molecule has 0 aromatic heterocycles. The number of hydrogen-bond donors (Lipinski definition) is 2. The van der Waals surface area contributed by atoms with Crippen molar-refractivity contribution in [1.82, 2.24) is 10.6 Å². The lowest BCUT2D eigenvalue weighted by molar-refractivity contribution is -0.137. The van der Waals surface area contributed by atoms with Gasteiger partial charge in [0.05, 0.1) is 6.61 Å². The molecule has 0 radical (unpaired) electrons. The summed E-state index contributed by atoms with van der Waals surface area (Å²) in [5.74, 6) is -0.834. The van der Waals surface area contributed by atoms with E-state index in [2.05, 4.69) is 10.6 Å². The van der Waals surface area contributed by atoms with E-state index >= 15 is 0 Å². The SMILES string of the molecule is CCOC(=O)/C=C/[C@H](C)[C@@H](C)NC(=O)CNC(=O)OCc1ccccc1. The van der Waals surface area contributed by atoms with E-state index in [4.69, 9.17) is 9.47 Å². The minimum Gasteiger partial charge on any atom is -0.463 e. The van der Waals surface area contributed by atoms with Gasteiger partial charge in [-0.05, 0) is 25.3 Å². The quantitative estimate of drug-likeness (QED) is 0.519. The first-order valence-electron chi connectivity index (χ1n) is 8.51. The largest absolute Gasteiger partial charge is 0.463 e. The molecule has 0 aliphatic heterocycles. The highest BCUT2D eigenvalue weighted by Crippen LogP contribution is 2.04. The van der Waals surface area contributed by atoms with E-state index in [9.17, 15) is 14.4 Å². The Labute approximate surface area is 153 Å². The summed E-state index contributed by atoms with van der Waals surface area (Å²) < 4.78 is 9.82. The molecule has 0 aliphatic carbocycles. The average Bonchev–Trinajstić information content (AvgIpc) is 2.63. The topological polar surface area (TPSA) is 93.7 Å². The van der Waals surface area contributed by atoms with Crippen molar-refractivity contribution >= 4 is 18.0 Å². The van der Waals surface area contributed by atoms with Gasteiger partial charge in [0.2, 0.25) is 5.91 Å². The Bertz CT molecular complexity index is 616. The highest BCUT2D eigenvalue weighted by atomic mass is 16.5. The fourth-order valence-corrected chi connectivity index (χ4v) is 1.95. The zero-order chi connectivity index (χ0) is 19.4. The Morgan fingerprint density at radius 1 is 1.12 bits per heavy atom. The van der Waals surface area contributed by atoms with E-state index < -0.39 is 12.1 Å². The van der Waals surface area contributed by atoms with Crippen molar-refractivity contribution < 1.29 is 23.9 Å². The lowest BCUT2D eigenvalue weighted by atomic mass is 10.0. The van der Waals surface area contributed by atoms with Crippen LogP contribution in [0.5, 0.6) is 0 Å². The van der Waals surface area contributed by atoms with Crippen LogP contribution in [-0.2, 0) is 25.7 Å². The second-order valence-corrected chi connectivity index (χ2v) is 5.74. The molecule has 0 saturated carbocycles. The minimum absolute atomic E-state index is 0.0756. The summed E-state index contributed by atoms with van der Waals surface area (Å²) in [6.07, 6.45) is 2.35. The van der Waals surface area contributed by atoms with Gasteiger partial charge in [-0.2, -0.15) is 0 Å². The number of benzene rings is 1. The van der Waals surface area contributed by atoms with Crippen LogP contribution in [-0.4, -0.2) is 37.2 Å². The van der Waals surface area contributed by atoms with Crippen molar-refractivity contribution in [2.45, 2.75) is 33.4 Å². The van der Waals surface area contributed by atoms with Gasteiger partial charge in [-0.25, -0.2) is 9.59 Å². The third kappa shape index (κ3) is 8.86. The maximum absolute atomic E-state index is 11.9. The van der Waals surface area contributed by atoms with Gasteiger partial charge in [-0.3, -0.25) is 4.79 Å². The van der Waals surface area contributed by atoms with Gasteiger partial charge < -0.3 is 20.1 Å². The number of esters is 1. The predicted molar refractivity (Wildman–Crippen MR) is 97.2 cm³/mol. The molecule has 1 rings (SSSR count). The minimum atomic E-state index is -0.660. The van der Waals surface area contributed by atoms with Crippen LogP contribution in [0.3, 0.4) is 0 Å². The maximum atomic E-state index is 11.9. The first-order chi connectivity index (χ1) is 12.4. The Balaban J connectivity index is 2.27. The molecule has 1 aromatic carbocycles. The fourth-order valence-electron chi connectivity index (χ4n) is 1.95. The molecular weight excluding hydrogens is 336 g/mol. The van der Waals surface area contributed by atoms with Gasteiger partial charge in [0.25, 0.3) is 0 Å². The molecule has 0 aliphatic rings. The van der Waals surface area contributed by atoms with E-state index in [1.165, 1.54) is 6.08 Å². The van der Waals surface area contributed by atoms with Crippen molar-refractivity contribution in [2.24, 2.45) is 5.92 Å². The molecule has 0 fully saturated rings. The molecule has 2 N–H and O–H groups in total. The smallest absolute Gasteiger partial charge is 0.407 e. The Hall–Kier alpha value is -2.83. The molecule has 2 amide bonds. The highest BCUT2D eigenvalue weighted by Gasteiger charge is 2.14. The molecule has 0 heterocycles. The highest BCUT2D eigenvalue weighted by molar-refractivity contribution is 5.83. The van der Waals surface area contributed by atoms with Gasteiger partial charge >= 0.3 is 12.1 Å². The Morgan fingerprint density at radius 3 is 2.46 bits per heavy atom. The van der Waals surface area contributed by atoms with Crippen LogP contribution in [0.25, 0.3) is 0 Å². The number of alkyl carbamates (subject to hydrolysis) is 1. The van der Waals surface area contributed by atoms with Gasteiger partial charge in [0.1, 0.15) is 13.2 Å². The number of carbonyl (C=O) groups is 3. The van der Waals surface area contributed by atoms with Crippen LogP contribution in [0.2, 0.25) is 0 Å². The molecule has 0 spiro atoms. The lowest BCUT2D eigenvalue weighted by Crippen LogP contribution is -2.43. The zero-order valence-electron chi connectivity index (χ0n) is 15.4. The van der Waals surface area contributed by atoms with Crippen LogP contribution in [0, 0.1) is 5.92 Å². The number of nitrogens with one attached hydrogen (secondary N) is 2. The van der Waals surface area contributed by atoms with Crippen molar-refractivity contribution in [3.63, 3.8) is 0 Å². The lowest BCUT2D eigenvalue weighted by Gasteiger charge is -2.18. The molecule has 7 nitrogen and oxygen atoms in total. The van der Waals surface area contributed by atoms with E-state index in [-0.39, 0.29) is 31.0 Å². The first-order valence-corrected chi connectivity index (χ1v) is 8.51. The third-order valence-electron chi connectivity index (χ3n) is 3.61. The molecule has 0 saturated heterocycles. The van der Waals surface area contributed by atoms with Gasteiger partial charge in [-0.15, -0.1) is 0 Å². The van der Waals surface area contributed by atoms with Crippen LogP contribution in [0.4, 0.5) is 4.79 Å². The number of ether oxygens (including phenoxy) is 2. The molecule has 0 bridgehead atoms. The standard InChI is InChI=1S/C19H26N2O5/c1-4-25-18(23)11-10-14(2)15(3)21-17(22)12-20-19(24)26-13-16-8-6-5-7-9-16/h5-11,14-15H,4,12-13H2,1-3H3,(H,20,24)(H,21,22)/b11-10+/t14-,15+/m0/s1. The van der Waals surface area contributed by atoms with Crippen LogP contribution >= 0.6 is 0 Å². The van der Waals surface area contributed by atoms with E-state index in [0.29, 0.717) is 6.61 Å². The normalized spacial score (nSPS) is 12.9. The summed E-state index contributed by atoms with van der Waals surface area (Å²) in [5.41, 5.74) is 0.864. The maximum Gasteiger partial charge on any atom is 0.407 e. The van der Waals surface area contributed by atoms with Crippen LogP contribution < -0.4 is 10.6 Å². The predicted octanol–water partition coefficient (Wildman–Crippen LogP) is 2.17. The number of hydrogen-bond acceptors (Lipinski definition) is 5. The third-order valence-corrected chi connectivity index (χ3v) is 3.61. The van der Waals surface area contributed by atoms with E-state index in [0.717, 1.165) is 5.56 Å². The monoisotopic (exact) mass is 362 g/mol. The fraction of sp³-hybridized carbons (Fsp3) is 0.421. The van der Waals surface area contributed by atoms with Crippen molar-refractivity contribution in [3.8, 4) is 0 Å². The van der Waals surface area contributed by atoms with Gasteiger partial charge in [-0.1, -0.05) is 43.3 Å². The summed E-state index contributed by atoms with van der Waals surface area (Å²) >= 11 is 0. The Morgan fingerprint density at radius 2 is 1.81 bits per heavy atom. The van der Waals surface area contributed by atoms with E-state index in [1.807, 2.05) is 44.2 Å². The summed E-state index contributed by atoms with van der Waals surface area (Å²) in [6, 6.07) is 9.04. The number of rotatable bonds is 9. The molecule has 26 heavy (non-hydrogen) atoms. The molecule has 2 atom stereocenters. The average molecular weight is 362 g/mol. The molecule has 7 heteroatoms. The Kier molecular flexibility index (Phi) is 9.53. The van der Waals surface area contributed by atoms with Gasteiger partial charge in [0, 0.05) is 12.1 Å². The summed E-state index contributed by atoms with van der Waals surface area (Å²) in [5, 5.41) is 5.15. The van der Waals surface area contributed by atoms with Crippen molar-refractivity contribution in [1.29, 1.82) is 0 Å². The molecule has 1 aromatic rings. The summed E-state index contributed by atoms with van der Waals surface area (Å²) in [7, 11) is 0. The van der Waals surface area contributed by atoms with Crippen molar-refractivity contribution in [2.75, 3.05) is 13.2 Å². The molecule has 142 valence electrons. The van der Waals surface area contributed by atoms with Crippen LogP contribution in [0.15, 0.2) is 42.5 Å². The van der Waals surface area contributed by atoms with Crippen LogP contribution in [0.1, 0.15) is 26.3 Å². The zero-order valence-corrected chi connectivity index (χ0v) is 15.4. The van der Waals surface area contributed by atoms with E-state index in [1.54, 1.807) is 13.0 Å².